The Bertz CT molecular complexity index is 1360. The normalized spacial score (nSPS) is 19.1. The summed E-state index contributed by atoms with van der Waals surface area (Å²) in [4.78, 5) is 31.5. The Morgan fingerprint density at radius 3 is 2.50 bits per heavy atom. The van der Waals surface area contributed by atoms with E-state index in [2.05, 4.69) is 46.7 Å². The van der Waals surface area contributed by atoms with Crippen molar-refractivity contribution in [3.05, 3.63) is 57.9 Å². The summed E-state index contributed by atoms with van der Waals surface area (Å²) in [5.41, 5.74) is 6.43. The van der Waals surface area contributed by atoms with Crippen LogP contribution in [0.4, 0.5) is 0 Å². The van der Waals surface area contributed by atoms with Crippen molar-refractivity contribution in [2.24, 2.45) is 10.1 Å². The number of hydrogen-bond acceptors (Lipinski definition) is 6. The number of amidine groups is 2. The SMILES string of the molecule is Cc1cc(C)cc(-n2c(C)cc(/C=C3\C(=N)N4N=C(CC(=O)N5CCOCC5)SC4=NC3=O)c2C)c1. The van der Waals surface area contributed by atoms with Gasteiger partial charge < -0.3 is 14.2 Å². The summed E-state index contributed by atoms with van der Waals surface area (Å²) in [6.07, 6.45) is 1.82. The first kappa shape index (κ1) is 24.2. The summed E-state index contributed by atoms with van der Waals surface area (Å²) in [5, 5.41) is 15.3. The molecule has 5 rings (SSSR count). The molecule has 4 heterocycles. The van der Waals surface area contributed by atoms with Crippen LogP contribution in [0, 0.1) is 33.1 Å². The van der Waals surface area contributed by atoms with E-state index in [9.17, 15) is 9.59 Å². The number of aromatic nitrogens is 1. The zero-order chi connectivity index (χ0) is 25.6. The van der Waals surface area contributed by atoms with Crippen LogP contribution in [0.25, 0.3) is 11.8 Å². The Balaban J connectivity index is 1.41. The van der Waals surface area contributed by atoms with Crippen molar-refractivity contribution in [2.45, 2.75) is 34.1 Å². The summed E-state index contributed by atoms with van der Waals surface area (Å²) in [7, 11) is 0. The maximum Gasteiger partial charge on any atom is 0.283 e. The van der Waals surface area contributed by atoms with E-state index in [4.69, 9.17) is 10.1 Å². The first-order valence-electron chi connectivity index (χ1n) is 11.8. The van der Waals surface area contributed by atoms with Crippen molar-refractivity contribution in [1.82, 2.24) is 14.5 Å². The van der Waals surface area contributed by atoms with Crippen LogP contribution in [0.15, 0.2) is 39.9 Å². The van der Waals surface area contributed by atoms with Gasteiger partial charge in [0.05, 0.1) is 25.2 Å². The van der Waals surface area contributed by atoms with Gasteiger partial charge in [0.2, 0.25) is 11.1 Å². The number of nitrogens with zero attached hydrogens (tertiary/aromatic N) is 5. The van der Waals surface area contributed by atoms with Gasteiger partial charge in [0, 0.05) is 30.2 Å². The topological polar surface area (TPSA) is 103 Å². The number of carbonyl (C=O) groups excluding carboxylic acids is 2. The second-order valence-electron chi connectivity index (χ2n) is 9.19. The van der Waals surface area contributed by atoms with Crippen molar-refractivity contribution in [3.8, 4) is 5.69 Å². The predicted molar refractivity (Wildman–Crippen MR) is 142 cm³/mol. The molecule has 0 saturated carbocycles. The lowest BCUT2D eigenvalue weighted by Crippen LogP contribution is -2.41. The number of hydrogen-bond donors (Lipinski definition) is 1. The number of ether oxygens (including phenoxy) is 1. The highest BCUT2D eigenvalue weighted by atomic mass is 32.2. The Kier molecular flexibility index (Phi) is 6.40. The van der Waals surface area contributed by atoms with E-state index in [0.29, 0.717) is 36.5 Å². The standard InChI is InChI=1S/C26H28N6O3S/c1-15-9-16(2)11-20(10-15)31-17(3)12-19(18(31)4)13-21-24(27)32-26(28-25(21)34)36-22(29-32)14-23(33)30-5-7-35-8-6-30/h9-13,27H,5-8,14H2,1-4H3/b21-13+,27-24?. The Hall–Kier alpha value is -3.50. The van der Waals surface area contributed by atoms with Gasteiger partial charge in [0.1, 0.15) is 5.04 Å². The Labute approximate surface area is 214 Å². The number of aliphatic imine (C=N–C) groups is 1. The van der Waals surface area contributed by atoms with Crippen LogP contribution in [0.5, 0.6) is 0 Å². The summed E-state index contributed by atoms with van der Waals surface area (Å²) in [6.45, 7) is 10.3. The average molecular weight is 505 g/mol. The van der Waals surface area contributed by atoms with E-state index < -0.39 is 5.91 Å². The highest BCUT2D eigenvalue weighted by molar-refractivity contribution is 8.27. The van der Waals surface area contributed by atoms with Gasteiger partial charge in [-0.05, 0) is 80.4 Å². The van der Waals surface area contributed by atoms with Gasteiger partial charge in [0.15, 0.2) is 5.84 Å². The summed E-state index contributed by atoms with van der Waals surface area (Å²) >= 11 is 1.17. The van der Waals surface area contributed by atoms with E-state index in [1.54, 1.807) is 11.0 Å². The van der Waals surface area contributed by atoms with E-state index in [1.807, 2.05) is 19.9 Å². The molecule has 0 unspecified atom stereocenters. The summed E-state index contributed by atoms with van der Waals surface area (Å²) < 4.78 is 7.46. The molecule has 1 fully saturated rings. The second kappa shape index (κ2) is 9.51. The number of nitrogens with one attached hydrogen (secondary N) is 1. The average Bonchev–Trinajstić information content (AvgIpc) is 3.35. The minimum atomic E-state index is -0.481. The highest BCUT2D eigenvalue weighted by Crippen LogP contribution is 2.31. The van der Waals surface area contributed by atoms with Gasteiger partial charge in [0.25, 0.3) is 5.91 Å². The van der Waals surface area contributed by atoms with Crippen molar-refractivity contribution >= 4 is 45.7 Å². The predicted octanol–water partition coefficient (Wildman–Crippen LogP) is 3.58. The van der Waals surface area contributed by atoms with Gasteiger partial charge in [-0.2, -0.15) is 15.1 Å². The van der Waals surface area contributed by atoms with Crippen LogP contribution in [0.3, 0.4) is 0 Å². The minimum absolute atomic E-state index is 0.0393. The summed E-state index contributed by atoms with van der Waals surface area (Å²) in [5.74, 6) is -0.564. The molecule has 0 aliphatic carbocycles. The van der Waals surface area contributed by atoms with Crippen LogP contribution in [0.2, 0.25) is 0 Å². The summed E-state index contributed by atoms with van der Waals surface area (Å²) in [6, 6.07) is 8.40. The van der Waals surface area contributed by atoms with Crippen LogP contribution >= 0.6 is 11.8 Å². The molecular formula is C26H28N6O3S. The zero-order valence-electron chi connectivity index (χ0n) is 20.8. The van der Waals surface area contributed by atoms with E-state index >= 15 is 0 Å². The number of fused-ring (bicyclic) bond motifs is 1. The number of morpholine rings is 1. The van der Waals surface area contributed by atoms with Gasteiger partial charge in [-0.3, -0.25) is 15.0 Å². The van der Waals surface area contributed by atoms with Crippen LogP contribution < -0.4 is 0 Å². The third-order valence-electron chi connectivity index (χ3n) is 6.40. The fraction of sp³-hybridized carbons (Fsp3) is 0.346. The molecule has 3 aliphatic heterocycles. The lowest BCUT2D eigenvalue weighted by Gasteiger charge is -2.26. The molecule has 0 spiro atoms. The van der Waals surface area contributed by atoms with Gasteiger partial charge in [-0.25, -0.2) is 0 Å². The van der Waals surface area contributed by atoms with Crippen molar-refractivity contribution in [1.29, 1.82) is 5.41 Å². The third-order valence-corrected chi connectivity index (χ3v) is 7.31. The third kappa shape index (κ3) is 4.54. The Morgan fingerprint density at radius 1 is 1.11 bits per heavy atom. The van der Waals surface area contributed by atoms with Crippen LogP contribution in [-0.2, 0) is 14.3 Å². The first-order valence-corrected chi connectivity index (χ1v) is 12.6. The molecule has 1 N–H and O–H groups in total. The number of thioether (sulfide) groups is 1. The number of carbonyl (C=O) groups is 2. The zero-order valence-corrected chi connectivity index (χ0v) is 21.6. The lowest BCUT2D eigenvalue weighted by atomic mass is 10.1. The molecule has 0 radical (unpaired) electrons. The van der Waals surface area contributed by atoms with Crippen molar-refractivity contribution in [3.63, 3.8) is 0 Å². The quantitative estimate of drug-likeness (QED) is 0.641. The molecule has 0 bridgehead atoms. The van der Waals surface area contributed by atoms with Crippen molar-refractivity contribution < 1.29 is 14.3 Å². The van der Waals surface area contributed by atoms with E-state index in [1.165, 1.54) is 27.9 Å². The fourth-order valence-corrected chi connectivity index (χ4v) is 5.60. The maximum absolute atomic E-state index is 12.9. The minimum Gasteiger partial charge on any atom is -0.378 e. The molecule has 10 heteroatoms. The fourth-order valence-electron chi connectivity index (χ4n) is 4.72. The molecule has 1 aromatic heterocycles. The molecule has 2 aromatic rings. The molecule has 36 heavy (non-hydrogen) atoms. The van der Waals surface area contributed by atoms with Gasteiger partial charge in [-0.1, -0.05) is 6.07 Å². The lowest BCUT2D eigenvalue weighted by molar-refractivity contribution is -0.133. The number of rotatable bonds is 4. The smallest absolute Gasteiger partial charge is 0.283 e. The number of hydrazone groups is 1. The van der Waals surface area contributed by atoms with Crippen LogP contribution in [-0.4, -0.2) is 68.6 Å². The van der Waals surface area contributed by atoms with Gasteiger partial charge in [-0.15, -0.1) is 0 Å². The number of amides is 2. The largest absolute Gasteiger partial charge is 0.378 e. The van der Waals surface area contributed by atoms with Crippen LogP contribution in [0.1, 0.15) is 34.5 Å². The first-order chi connectivity index (χ1) is 17.2. The number of benzene rings is 1. The van der Waals surface area contributed by atoms with E-state index in [0.717, 1.165) is 22.6 Å². The van der Waals surface area contributed by atoms with Gasteiger partial charge >= 0.3 is 0 Å². The monoisotopic (exact) mass is 504 g/mol. The van der Waals surface area contributed by atoms with Crippen molar-refractivity contribution in [2.75, 3.05) is 26.3 Å². The molecule has 3 aliphatic rings. The molecule has 2 amide bonds. The molecule has 1 aromatic carbocycles. The van der Waals surface area contributed by atoms with E-state index in [-0.39, 0.29) is 23.7 Å². The second-order valence-corrected chi connectivity index (χ2v) is 10.2. The maximum atomic E-state index is 12.9. The Morgan fingerprint density at radius 2 is 1.81 bits per heavy atom. The molecule has 0 atom stereocenters. The number of aryl methyl sites for hydroxylation is 3. The molecule has 186 valence electrons. The molecule has 9 nitrogen and oxygen atoms in total. The molecular weight excluding hydrogens is 476 g/mol. The highest BCUT2D eigenvalue weighted by Gasteiger charge is 2.36. The molecule has 1 saturated heterocycles.